The molecule has 0 fully saturated rings. The van der Waals surface area contributed by atoms with Crippen molar-refractivity contribution in [2.24, 2.45) is 39.9 Å². The zero-order valence-corrected chi connectivity index (χ0v) is 46.3. The summed E-state index contributed by atoms with van der Waals surface area (Å²) in [7, 11) is 0. The minimum atomic E-state index is -0.192. The minimum absolute atomic E-state index is 0. The van der Waals surface area contributed by atoms with E-state index in [0.717, 1.165) is 0 Å². The summed E-state index contributed by atoms with van der Waals surface area (Å²) in [6.45, 7) is 5.78. The van der Waals surface area contributed by atoms with E-state index in [1.54, 1.807) is 97.1 Å². The van der Waals surface area contributed by atoms with Crippen LogP contribution in [0.25, 0.3) is 0 Å². The Kier molecular flexibility index (Phi) is 14.4. The molecule has 4 amide bonds. The third-order valence-electron chi connectivity index (χ3n) is 13.2. The first-order valence-corrected chi connectivity index (χ1v) is 26.3. The molecule has 8 bridgehead atoms. The molecule has 20 nitrogen and oxygen atoms in total. The fraction of sp³-hybridized carbons (Fsp3) is 0.0625. The van der Waals surface area contributed by atoms with Crippen molar-refractivity contribution >= 4 is 93.1 Å². The zero-order chi connectivity index (χ0) is 57.6. The first-order chi connectivity index (χ1) is 40.7. The van der Waals surface area contributed by atoms with Gasteiger partial charge in [0.15, 0.2) is 46.7 Å². The average Bonchev–Trinajstić information content (AvgIpc) is 4.21. The predicted octanol–water partition coefficient (Wildman–Crippen LogP) is 11.8. The summed E-state index contributed by atoms with van der Waals surface area (Å²) in [5.74, 6) is 5.48. The maximum absolute atomic E-state index is 11.7. The quantitative estimate of drug-likeness (QED) is 0.0854. The smallest absolute Gasteiger partial charge is 0.221 e. The van der Waals surface area contributed by atoms with Crippen LogP contribution >= 0.6 is 0 Å². The molecule has 419 valence electrons. The molecule has 0 atom stereocenters. The molecule has 0 saturated carbocycles. The Morgan fingerprint density at radius 3 is 0.588 bits per heavy atom. The Morgan fingerprint density at radius 2 is 0.412 bits per heavy atom. The van der Waals surface area contributed by atoms with E-state index in [-0.39, 0.29) is 64.0 Å². The second-order valence-corrected chi connectivity index (χ2v) is 19.5. The molecule has 8 aromatic rings. The first-order valence-electron chi connectivity index (χ1n) is 26.3. The second kappa shape index (κ2) is 22.6. The number of amides is 4. The standard InChI is InChI=1S/C64H44N12O8.Cu/c1-33(77)65-37-5-13-41(14-6-37)81-45-21-25-49-53(29-45)61-69-57(49)74-62-55-31-47(83-43-17-9-39(10-18-43)67-35(3)79)23-27-51(55)59(71-62)76-64-56-32-48(84-44-19-11-40(12-20-44)68-36(4)80)24-28-52(56)60(72-64)75-63-54-30-46(22-26-50(54)58(70-63)73-61)82-42-15-7-38(8-16-42)66-34(2)78;/h5-32H,1-4H3,(H,65,77)(H,66,78)(H,67,79)(H,68,80);. The van der Waals surface area contributed by atoms with Gasteiger partial charge in [-0.05, 0) is 170 Å². The van der Waals surface area contributed by atoms with Gasteiger partial charge in [0, 0.05) is 112 Å². The summed E-state index contributed by atoms with van der Waals surface area (Å²) in [5, 5.41) is 11.1. The number of carbonyl (C=O) groups is 4. The van der Waals surface area contributed by atoms with E-state index in [9.17, 15) is 19.2 Å². The van der Waals surface area contributed by atoms with Crippen LogP contribution in [-0.2, 0) is 36.2 Å². The van der Waals surface area contributed by atoms with E-state index in [0.29, 0.717) is 137 Å². The van der Waals surface area contributed by atoms with Crippen LogP contribution in [0.3, 0.4) is 0 Å². The van der Waals surface area contributed by atoms with Crippen LogP contribution < -0.4 is 40.2 Å². The fourth-order valence-electron chi connectivity index (χ4n) is 9.62. The molecule has 13 rings (SSSR count). The second-order valence-electron chi connectivity index (χ2n) is 19.5. The zero-order valence-electron chi connectivity index (χ0n) is 45.3. The normalized spacial score (nSPS) is 13.6. The van der Waals surface area contributed by atoms with Crippen molar-refractivity contribution in [3.8, 4) is 46.0 Å². The predicted molar refractivity (Wildman–Crippen MR) is 321 cm³/mol. The molecule has 0 saturated heterocycles. The number of nitrogens with one attached hydrogen (secondary N) is 4. The number of fused-ring (bicyclic) bond motifs is 16. The number of carbonyl (C=O) groups excluding carboxylic acids is 4. The van der Waals surface area contributed by atoms with Crippen LogP contribution in [0.1, 0.15) is 72.2 Å². The molecule has 85 heavy (non-hydrogen) atoms. The van der Waals surface area contributed by atoms with Gasteiger partial charge in [-0.3, -0.25) is 19.2 Å². The van der Waals surface area contributed by atoms with Crippen molar-refractivity contribution in [3.05, 3.63) is 214 Å². The number of hydrogen-bond acceptors (Lipinski definition) is 16. The molecule has 0 unspecified atom stereocenters. The molecule has 5 aliphatic rings. The molecule has 21 heteroatoms. The van der Waals surface area contributed by atoms with E-state index in [2.05, 4.69) is 21.3 Å². The van der Waals surface area contributed by atoms with Crippen LogP contribution in [0.4, 0.5) is 22.7 Å². The monoisotopic (exact) mass is 1170 g/mol. The summed E-state index contributed by atoms with van der Waals surface area (Å²) in [4.78, 5) is 88.1. The van der Waals surface area contributed by atoms with Crippen LogP contribution in [0.2, 0.25) is 0 Å². The van der Waals surface area contributed by atoms with Crippen molar-refractivity contribution in [1.29, 1.82) is 0 Å². The summed E-state index contributed by atoms with van der Waals surface area (Å²) in [5.41, 5.74) is 7.33. The summed E-state index contributed by atoms with van der Waals surface area (Å²) in [6.07, 6.45) is 0. The van der Waals surface area contributed by atoms with Gasteiger partial charge in [-0.25, -0.2) is 39.9 Å². The van der Waals surface area contributed by atoms with Crippen LogP contribution in [0.15, 0.2) is 210 Å². The molecule has 4 N–H and O–H groups in total. The van der Waals surface area contributed by atoms with Crippen molar-refractivity contribution in [3.63, 3.8) is 0 Å². The van der Waals surface area contributed by atoms with Crippen molar-refractivity contribution < 1.29 is 55.2 Å². The van der Waals surface area contributed by atoms with Gasteiger partial charge in [0.25, 0.3) is 0 Å². The maximum Gasteiger partial charge on any atom is 0.221 e. The molecular formula is C64H44CuN12O8. The summed E-state index contributed by atoms with van der Waals surface area (Å²) in [6, 6.07) is 50.0. The maximum atomic E-state index is 11.7. The van der Waals surface area contributed by atoms with Gasteiger partial charge in [0.05, 0.1) is 0 Å². The Labute approximate surface area is 495 Å². The number of amidine groups is 8. The Morgan fingerprint density at radius 1 is 0.247 bits per heavy atom. The fourth-order valence-corrected chi connectivity index (χ4v) is 9.62. The number of benzene rings is 8. The van der Waals surface area contributed by atoms with Crippen LogP contribution in [-0.4, -0.2) is 70.3 Å². The number of ether oxygens (including phenoxy) is 4. The van der Waals surface area contributed by atoms with Gasteiger partial charge in [0.2, 0.25) is 23.6 Å². The molecule has 1 radical (unpaired) electrons. The van der Waals surface area contributed by atoms with Gasteiger partial charge in [-0.1, -0.05) is 0 Å². The van der Waals surface area contributed by atoms with E-state index in [1.165, 1.54) is 27.7 Å². The SMILES string of the molecule is CC(=O)Nc1ccc(Oc2ccc3c(c2)C2=NC3=NC3=NC(=NC4=NC(=NC5=NC(=N2)c2ccc(Oc6ccc(NC(C)=O)cc6)cc25)c2ccc(Oc5ccc(NC(C)=O)cc5)cc24)c2ccc(Oc4ccc(NC(C)=O)cc4)cc23)cc1.[Cu]. The Hall–Kier alpha value is -11.3. The van der Waals surface area contributed by atoms with E-state index in [4.69, 9.17) is 58.9 Å². The third-order valence-corrected chi connectivity index (χ3v) is 13.2. The topological polar surface area (TPSA) is 252 Å². The molecule has 5 aliphatic heterocycles. The molecule has 0 spiro atoms. The van der Waals surface area contributed by atoms with Crippen LogP contribution in [0.5, 0.6) is 46.0 Å². The minimum Gasteiger partial charge on any atom is -0.457 e. The van der Waals surface area contributed by atoms with E-state index in [1.807, 2.05) is 72.8 Å². The van der Waals surface area contributed by atoms with Gasteiger partial charge in [-0.15, -0.1) is 0 Å². The van der Waals surface area contributed by atoms with Crippen molar-refractivity contribution in [2.75, 3.05) is 21.3 Å². The van der Waals surface area contributed by atoms with Gasteiger partial charge >= 0.3 is 0 Å². The average molecular weight is 1170 g/mol. The number of aliphatic imine (C=N–C) groups is 8. The van der Waals surface area contributed by atoms with Crippen molar-refractivity contribution in [1.82, 2.24) is 0 Å². The molecule has 5 heterocycles. The molecule has 0 aromatic heterocycles. The van der Waals surface area contributed by atoms with Crippen LogP contribution in [0, 0.1) is 0 Å². The first kappa shape index (κ1) is 54.3. The molecule has 8 aromatic carbocycles. The Bertz CT molecular complexity index is 3850. The molecule has 0 aliphatic carbocycles. The van der Waals surface area contributed by atoms with Gasteiger partial charge in [-0.2, -0.15) is 0 Å². The van der Waals surface area contributed by atoms with Gasteiger partial charge in [0.1, 0.15) is 46.0 Å². The largest absolute Gasteiger partial charge is 0.457 e. The number of rotatable bonds is 12. The molecular weight excluding hydrogens is 1130 g/mol. The number of anilines is 4. The van der Waals surface area contributed by atoms with E-state index >= 15 is 0 Å². The number of nitrogens with zero attached hydrogens (tertiary/aromatic N) is 8. The third kappa shape index (κ3) is 11.6. The summed E-state index contributed by atoms with van der Waals surface area (Å²) >= 11 is 0. The summed E-state index contributed by atoms with van der Waals surface area (Å²) < 4.78 is 25.5. The van der Waals surface area contributed by atoms with E-state index < -0.39 is 0 Å². The number of hydrogen-bond donors (Lipinski definition) is 4. The van der Waals surface area contributed by atoms with Crippen molar-refractivity contribution in [2.45, 2.75) is 27.7 Å². The van der Waals surface area contributed by atoms with Gasteiger partial charge < -0.3 is 40.2 Å². The Balaban J connectivity index is 0.00000709.